The van der Waals surface area contributed by atoms with Gasteiger partial charge in [0.05, 0.1) is 11.4 Å². The van der Waals surface area contributed by atoms with Gasteiger partial charge in [0, 0.05) is 10.4 Å². The lowest BCUT2D eigenvalue weighted by Crippen LogP contribution is -2.13. The molecule has 0 saturated carbocycles. The second-order valence-corrected chi connectivity index (χ2v) is 5.77. The number of benzene rings is 1. The largest absolute Gasteiger partial charge is 0.277 e. The van der Waals surface area contributed by atoms with Crippen molar-refractivity contribution in [2.24, 2.45) is 0 Å². The number of hydrogen-bond acceptors (Lipinski definition) is 1. The van der Waals surface area contributed by atoms with Gasteiger partial charge in [0.2, 0.25) is 0 Å². The quantitative estimate of drug-likeness (QED) is 0.799. The lowest BCUT2D eigenvalue weighted by molar-refractivity contribution is 0.563. The van der Waals surface area contributed by atoms with Gasteiger partial charge < -0.3 is 0 Å². The molecular formula is C14H17ClN2. The Balaban J connectivity index is 2.48. The molecule has 2 rings (SSSR count). The predicted molar refractivity (Wildman–Crippen MR) is 72.5 cm³/mol. The molecule has 0 saturated heterocycles. The summed E-state index contributed by atoms with van der Waals surface area (Å²) in [6.07, 6.45) is 0. The van der Waals surface area contributed by atoms with Crippen molar-refractivity contribution in [3.8, 4) is 11.3 Å². The third-order valence-corrected chi connectivity index (χ3v) is 3.10. The highest BCUT2D eigenvalue weighted by molar-refractivity contribution is 6.30. The maximum Gasteiger partial charge on any atom is 0.0711 e. The molecule has 1 N–H and O–H groups in total. The van der Waals surface area contributed by atoms with Gasteiger partial charge in [0.1, 0.15) is 0 Å². The van der Waals surface area contributed by atoms with E-state index in [-0.39, 0.29) is 5.41 Å². The molecule has 17 heavy (non-hydrogen) atoms. The molecule has 2 nitrogen and oxygen atoms in total. The summed E-state index contributed by atoms with van der Waals surface area (Å²) in [6, 6.07) is 7.81. The van der Waals surface area contributed by atoms with Crippen LogP contribution in [0.1, 0.15) is 32.0 Å². The van der Waals surface area contributed by atoms with Crippen molar-refractivity contribution < 1.29 is 0 Å². The summed E-state index contributed by atoms with van der Waals surface area (Å²) < 4.78 is 0. The van der Waals surface area contributed by atoms with Crippen LogP contribution in [0.2, 0.25) is 5.02 Å². The van der Waals surface area contributed by atoms with Crippen LogP contribution in [0.3, 0.4) is 0 Å². The lowest BCUT2D eigenvalue weighted by Gasteiger charge is -2.16. The minimum atomic E-state index is 0.0608. The highest BCUT2D eigenvalue weighted by Gasteiger charge is 2.21. The first-order valence-electron chi connectivity index (χ1n) is 5.71. The molecular weight excluding hydrogens is 232 g/mol. The van der Waals surface area contributed by atoms with Crippen LogP contribution in [0.25, 0.3) is 11.3 Å². The Labute approximate surface area is 107 Å². The lowest BCUT2D eigenvalue weighted by atomic mass is 9.88. The van der Waals surface area contributed by atoms with Crippen molar-refractivity contribution in [1.82, 2.24) is 10.2 Å². The fourth-order valence-electron chi connectivity index (χ4n) is 2.03. The first-order chi connectivity index (χ1) is 7.89. The molecule has 90 valence electrons. The zero-order valence-electron chi connectivity index (χ0n) is 10.6. The van der Waals surface area contributed by atoms with E-state index in [0.29, 0.717) is 0 Å². The van der Waals surface area contributed by atoms with Crippen molar-refractivity contribution in [2.75, 3.05) is 0 Å². The van der Waals surface area contributed by atoms with Crippen molar-refractivity contribution in [1.29, 1.82) is 0 Å². The van der Waals surface area contributed by atoms with Crippen LogP contribution in [-0.4, -0.2) is 10.2 Å². The summed E-state index contributed by atoms with van der Waals surface area (Å²) in [7, 11) is 0. The molecule has 0 spiro atoms. The molecule has 0 unspecified atom stereocenters. The second-order valence-electron chi connectivity index (χ2n) is 5.33. The molecule has 0 aliphatic rings. The van der Waals surface area contributed by atoms with Crippen LogP contribution in [-0.2, 0) is 5.41 Å². The van der Waals surface area contributed by atoms with Crippen LogP contribution in [0.4, 0.5) is 0 Å². The average Bonchev–Trinajstić information content (AvgIpc) is 2.61. The number of nitrogens with one attached hydrogen (secondary N) is 1. The number of rotatable bonds is 1. The topological polar surface area (TPSA) is 28.7 Å². The van der Waals surface area contributed by atoms with E-state index in [4.69, 9.17) is 11.6 Å². The third kappa shape index (κ3) is 2.37. The number of aromatic amines is 1. The van der Waals surface area contributed by atoms with E-state index in [1.807, 2.05) is 24.3 Å². The molecule has 0 fully saturated rings. The fraction of sp³-hybridized carbons (Fsp3) is 0.357. The van der Waals surface area contributed by atoms with Gasteiger partial charge in [0.25, 0.3) is 0 Å². The zero-order valence-corrected chi connectivity index (χ0v) is 11.4. The van der Waals surface area contributed by atoms with E-state index in [2.05, 4.69) is 37.9 Å². The molecule has 0 aliphatic heterocycles. The number of nitrogens with zero attached hydrogens (tertiary/aromatic N) is 1. The number of hydrogen-bond donors (Lipinski definition) is 1. The summed E-state index contributed by atoms with van der Waals surface area (Å²) in [5, 5.41) is 8.30. The fourth-order valence-corrected chi connectivity index (χ4v) is 2.15. The molecule has 0 atom stereocenters. The van der Waals surface area contributed by atoms with E-state index in [1.165, 1.54) is 5.56 Å². The molecule has 0 radical (unpaired) electrons. The zero-order chi connectivity index (χ0) is 12.6. The molecule has 1 aromatic heterocycles. The third-order valence-electron chi connectivity index (χ3n) is 2.85. The smallest absolute Gasteiger partial charge is 0.0711 e. The Morgan fingerprint density at radius 1 is 1.12 bits per heavy atom. The van der Waals surface area contributed by atoms with Crippen LogP contribution in [0.15, 0.2) is 24.3 Å². The Morgan fingerprint density at radius 2 is 1.71 bits per heavy atom. The van der Waals surface area contributed by atoms with E-state index in [0.717, 1.165) is 22.0 Å². The van der Waals surface area contributed by atoms with Crippen molar-refractivity contribution in [3.63, 3.8) is 0 Å². The van der Waals surface area contributed by atoms with Crippen LogP contribution < -0.4 is 0 Å². The summed E-state index contributed by atoms with van der Waals surface area (Å²) >= 11 is 5.89. The van der Waals surface area contributed by atoms with Gasteiger partial charge in [-0.2, -0.15) is 5.10 Å². The number of halogens is 1. The summed E-state index contributed by atoms with van der Waals surface area (Å²) in [5.41, 5.74) is 4.58. The van der Waals surface area contributed by atoms with Gasteiger partial charge in [0.15, 0.2) is 0 Å². The van der Waals surface area contributed by atoms with Crippen molar-refractivity contribution >= 4 is 11.6 Å². The van der Waals surface area contributed by atoms with Crippen molar-refractivity contribution in [2.45, 2.75) is 33.1 Å². The standard InChI is InChI=1S/C14H17ClN2/c1-9-12(10-5-7-11(15)8-6-10)16-17-13(9)14(2,3)4/h5-8H,1-4H3,(H,16,17). The molecule has 1 heterocycles. The first kappa shape index (κ1) is 12.2. The average molecular weight is 249 g/mol. The first-order valence-corrected chi connectivity index (χ1v) is 6.09. The number of H-pyrrole nitrogens is 1. The normalized spacial score (nSPS) is 11.8. The number of aromatic nitrogens is 2. The Bertz CT molecular complexity index is 518. The summed E-state index contributed by atoms with van der Waals surface area (Å²) in [4.78, 5) is 0. The molecule has 0 amide bonds. The van der Waals surface area contributed by atoms with Gasteiger partial charge in [-0.05, 0) is 30.2 Å². The molecule has 0 bridgehead atoms. The Morgan fingerprint density at radius 3 is 2.18 bits per heavy atom. The van der Waals surface area contributed by atoms with E-state index < -0.39 is 0 Å². The van der Waals surface area contributed by atoms with Crippen LogP contribution >= 0.6 is 11.6 Å². The maximum absolute atomic E-state index is 5.89. The SMILES string of the molecule is Cc1c(C(C)(C)C)n[nH]c1-c1ccc(Cl)cc1. The molecule has 1 aromatic carbocycles. The molecule has 2 aromatic rings. The van der Waals surface area contributed by atoms with Gasteiger partial charge in [-0.3, -0.25) is 5.10 Å². The van der Waals surface area contributed by atoms with Crippen molar-refractivity contribution in [3.05, 3.63) is 40.5 Å². The molecule has 0 aliphatic carbocycles. The minimum Gasteiger partial charge on any atom is -0.277 e. The predicted octanol–water partition coefficient (Wildman–Crippen LogP) is 4.34. The Hall–Kier alpha value is -1.28. The monoisotopic (exact) mass is 248 g/mol. The second kappa shape index (κ2) is 4.19. The summed E-state index contributed by atoms with van der Waals surface area (Å²) in [5.74, 6) is 0. The molecule has 3 heteroatoms. The highest BCUT2D eigenvalue weighted by atomic mass is 35.5. The van der Waals surface area contributed by atoms with Gasteiger partial charge in [-0.1, -0.05) is 44.5 Å². The van der Waals surface area contributed by atoms with Crippen LogP contribution in [0, 0.1) is 6.92 Å². The highest BCUT2D eigenvalue weighted by Crippen LogP contribution is 2.30. The summed E-state index contributed by atoms with van der Waals surface area (Å²) in [6.45, 7) is 8.61. The van der Waals surface area contributed by atoms with E-state index >= 15 is 0 Å². The Kier molecular flexibility index (Phi) is 3.00. The van der Waals surface area contributed by atoms with E-state index in [9.17, 15) is 0 Å². The van der Waals surface area contributed by atoms with Gasteiger partial charge >= 0.3 is 0 Å². The minimum absolute atomic E-state index is 0.0608. The maximum atomic E-state index is 5.89. The van der Waals surface area contributed by atoms with Gasteiger partial charge in [-0.25, -0.2) is 0 Å². The van der Waals surface area contributed by atoms with Gasteiger partial charge in [-0.15, -0.1) is 0 Å². The van der Waals surface area contributed by atoms with E-state index in [1.54, 1.807) is 0 Å². The van der Waals surface area contributed by atoms with Crippen LogP contribution in [0.5, 0.6) is 0 Å².